The summed E-state index contributed by atoms with van der Waals surface area (Å²) in [6, 6.07) is 8.33. The van der Waals surface area contributed by atoms with Gasteiger partial charge in [-0.2, -0.15) is 0 Å². The number of phosphoric acid groups is 1. The zero-order chi connectivity index (χ0) is 9.61. The molecular weight excluding hydrogens is 183 g/mol. The van der Waals surface area contributed by atoms with Gasteiger partial charge in [0, 0.05) is 0 Å². The highest BCUT2D eigenvalue weighted by molar-refractivity contribution is 7.45. The topological polar surface area (TPSA) is 101 Å². The lowest BCUT2D eigenvalue weighted by atomic mass is 10.3. The van der Waals surface area contributed by atoms with E-state index in [1.807, 2.05) is 6.07 Å². The zero-order valence-electron chi connectivity index (χ0n) is 5.99. The molecule has 0 aliphatic heterocycles. The summed E-state index contributed by atoms with van der Waals surface area (Å²) in [5.41, 5.74) is 0. The summed E-state index contributed by atoms with van der Waals surface area (Å²) in [4.78, 5) is 21.6. The number of rotatable bonds is 0. The average molecular weight is 191 g/mol. The van der Waals surface area contributed by atoms with Crippen LogP contribution in [0.1, 0.15) is 0 Å². The molecule has 68 valence electrons. The predicted octanol–water partition coefficient (Wildman–Crippen LogP) is -0.168. The van der Waals surface area contributed by atoms with Gasteiger partial charge in [-0.05, 0) is 0 Å². The Kier molecular flexibility index (Phi) is 4.54. The van der Waals surface area contributed by atoms with E-state index in [4.69, 9.17) is 19.2 Å². The molecular formula is C6H8O5P-. The lowest BCUT2D eigenvalue weighted by molar-refractivity contribution is -0.268. The molecule has 0 atom stereocenters. The molecule has 3 N–H and O–H groups in total. The van der Waals surface area contributed by atoms with Gasteiger partial charge in [0.1, 0.15) is 0 Å². The van der Waals surface area contributed by atoms with Crippen LogP contribution in [0.5, 0.6) is 5.75 Å². The largest absolute Gasteiger partial charge is 0.872 e. The van der Waals surface area contributed by atoms with Gasteiger partial charge < -0.3 is 19.8 Å². The molecule has 1 aromatic carbocycles. The highest BCUT2D eigenvalue weighted by Gasteiger charge is 2.00. The molecule has 1 rings (SSSR count). The first-order valence-corrected chi connectivity index (χ1v) is 4.46. The minimum absolute atomic E-state index is 0.0718. The lowest BCUT2D eigenvalue weighted by Gasteiger charge is -1.98. The molecule has 0 amide bonds. The Morgan fingerprint density at radius 1 is 1.08 bits per heavy atom. The van der Waals surface area contributed by atoms with Crippen molar-refractivity contribution in [2.45, 2.75) is 0 Å². The van der Waals surface area contributed by atoms with Gasteiger partial charge in [0.05, 0.1) is 0 Å². The van der Waals surface area contributed by atoms with Crippen molar-refractivity contribution >= 4 is 7.82 Å². The normalized spacial score (nSPS) is 9.92. The van der Waals surface area contributed by atoms with Crippen LogP contribution in [0, 0.1) is 0 Å². The number of benzene rings is 1. The van der Waals surface area contributed by atoms with Crippen molar-refractivity contribution in [3.05, 3.63) is 30.3 Å². The van der Waals surface area contributed by atoms with E-state index in [-0.39, 0.29) is 5.75 Å². The SMILES string of the molecule is O=P(O)(O)O.[O-]c1ccccc1. The highest BCUT2D eigenvalue weighted by atomic mass is 31.2. The van der Waals surface area contributed by atoms with Gasteiger partial charge in [-0.3, -0.25) is 0 Å². The fraction of sp³-hybridized carbons (Fsp3) is 0. The van der Waals surface area contributed by atoms with Crippen LogP contribution in [0.25, 0.3) is 0 Å². The first-order valence-electron chi connectivity index (χ1n) is 2.90. The van der Waals surface area contributed by atoms with Crippen molar-refractivity contribution in [3.8, 4) is 5.75 Å². The van der Waals surface area contributed by atoms with Crippen LogP contribution in [0.3, 0.4) is 0 Å². The molecule has 0 bridgehead atoms. The maximum absolute atomic E-state index is 10.3. The van der Waals surface area contributed by atoms with Crippen molar-refractivity contribution in [1.82, 2.24) is 0 Å². The van der Waals surface area contributed by atoms with Gasteiger partial charge in [-0.15, -0.1) is 5.75 Å². The lowest BCUT2D eigenvalue weighted by Crippen LogP contribution is -1.85. The maximum Gasteiger partial charge on any atom is 0.466 e. The second-order valence-corrected chi connectivity index (χ2v) is 2.85. The van der Waals surface area contributed by atoms with E-state index >= 15 is 0 Å². The molecule has 0 unspecified atom stereocenters. The minimum Gasteiger partial charge on any atom is -0.872 e. The summed E-state index contributed by atoms with van der Waals surface area (Å²) in [7, 11) is -4.64. The van der Waals surface area contributed by atoms with Crippen LogP contribution in [0.4, 0.5) is 0 Å². The second kappa shape index (κ2) is 4.90. The third-order valence-corrected chi connectivity index (χ3v) is 0.743. The Hall–Kier alpha value is -0.870. The van der Waals surface area contributed by atoms with Gasteiger partial charge in [0.15, 0.2) is 0 Å². The van der Waals surface area contributed by atoms with E-state index in [0.29, 0.717) is 0 Å². The fourth-order valence-corrected chi connectivity index (χ4v) is 0.420. The third kappa shape index (κ3) is 11.9. The Morgan fingerprint density at radius 3 is 1.58 bits per heavy atom. The van der Waals surface area contributed by atoms with Crippen LogP contribution < -0.4 is 5.11 Å². The van der Waals surface area contributed by atoms with Gasteiger partial charge >= 0.3 is 7.82 Å². The van der Waals surface area contributed by atoms with Crippen LogP contribution in [0.15, 0.2) is 30.3 Å². The second-order valence-electron chi connectivity index (χ2n) is 1.83. The molecule has 0 aliphatic carbocycles. The summed E-state index contributed by atoms with van der Waals surface area (Å²) in [5.74, 6) is 0.0718. The molecule has 0 aliphatic rings. The molecule has 0 aromatic heterocycles. The first-order chi connectivity index (χ1) is 5.39. The molecule has 12 heavy (non-hydrogen) atoms. The van der Waals surface area contributed by atoms with Gasteiger partial charge in [-0.1, -0.05) is 30.3 Å². The standard InChI is InChI=1S/C6H6O.H3O4P/c7-6-4-2-1-3-5-6;1-5(2,3)4/h1-5,7H;(H3,1,2,3,4)/p-1. The molecule has 5 nitrogen and oxygen atoms in total. The number of hydrogen-bond acceptors (Lipinski definition) is 2. The van der Waals surface area contributed by atoms with Crippen molar-refractivity contribution in [2.24, 2.45) is 0 Å². The van der Waals surface area contributed by atoms with E-state index in [1.54, 1.807) is 12.1 Å². The van der Waals surface area contributed by atoms with E-state index in [9.17, 15) is 5.11 Å². The fourth-order valence-electron chi connectivity index (χ4n) is 0.420. The Labute approximate surface area is 69.2 Å². The minimum atomic E-state index is -4.64. The van der Waals surface area contributed by atoms with E-state index in [0.717, 1.165) is 0 Å². The molecule has 0 spiro atoms. The van der Waals surface area contributed by atoms with Gasteiger partial charge in [0.25, 0.3) is 0 Å². The summed E-state index contributed by atoms with van der Waals surface area (Å²) < 4.78 is 8.88. The number of para-hydroxylation sites is 1. The van der Waals surface area contributed by atoms with Crippen molar-refractivity contribution in [3.63, 3.8) is 0 Å². The smallest absolute Gasteiger partial charge is 0.466 e. The summed E-state index contributed by atoms with van der Waals surface area (Å²) in [5, 5.41) is 10.3. The summed E-state index contributed by atoms with van der Waals surface area (Å²) in [6.07, 6.45) is 0. The molecule has 0 heterocycles. The van der Waals surface area contributed by atoms with E-state index < -0.39 is 7.82 Å². The predicted molar refractivity (Wildman–Crippen MR) is 40.2 cm³/mol. The van der Waals surface area contributed by atoms with Crippen molar-refractivity contribution in [1.29, 1.82) is 0 Å². The summed E-state index contributed by atoms with van der Waals surface area (Å²) in [6.45, 7) is 0. The van der Waals surface area contributed by atoms with Crippen LogP contribution in [0.2, 0.25) is 0 Å². The van der Waals surface area contributed by atoms with Gasteiger partial charge in [0.2, 0.25) is 0 Å². The monoisotopic (exact) mass is 191 g/mol. The van der Waals surface area contributed by atoms with Crippen LogP contribution in [-0.2, 0) is 4.57 Å². The Bertz CT molecular complexity index is 246. The Morgan fingerprint density at radius 2 is 1.42 bits per heavy atom. The first kappa shape index (κ1) is 11.1. The molecule has 6 heteroatoms. The van der Waals surface area contributed by atoms with Gasteiger partial charge in [-0.25, -0.2) is 4.57 Å². The average Bonchev–Trinajstić information content (AvgIpc) is 1.85. The summed E-state index contributed by atoms with van der Waals surface area (Å²) >= 11 is 0. The zero-order valence-corrected chi connectivity index (χ0v) is 6.89. The molecule has 0 saturated carbocycles. The van der Waals surface area contributed by atoms with Crippen molar-refractivity contribution < 1.29 is 24.4 Å². The van der Waals surface area contributed by atoms with Crippen molar-refractivity contribution in [2.75, 3.05) is 0 Å². The highest BCUT2D eigenvalue weighted by Crippen LogP contribution is 2.25. The van der Waals surface area contributed by atoms with E-state index in [1.165, 1.54) is 12.1 Å². The molecule has 0 fully saturated rings. The van der Waals surface area contributed by atoms with E-state index in [2.05, 4.69) is 0 Å². The Balaban J connectivity index is 0.000000217. The molecule has 1 aromatic rings. The maximum atomic E-state index is 10.3. The van der Waals surface area contributed by atoms with Crippen LogP contribution >= 0.6 is 7.82 Å². The quantitative estimate of drug-likeness (QED) is 0.494. The molecule has 0 saturated heterocycles. The van der Waals surface area contributed by atoms with Crippen LogP contribution in [-0.4, -0.2) is 14.7 Å². The third-order valence-electron chi connectivity index (χ3n) is 0.743. The molecule has 0 radical (unpaired) electrons. The number of hydrogen-bond donors (Lipinski definition) is 3.